The van der Waals surface area contributed by atoms with Crippen LogP contribution < -0.4 is 0 Å². The highest BCUT2D eigenvalue weighted by Gasteiger charge is 2.19. The number of rotatable bonds is 1. The Labute approximate surface area is 107 Å². The van der Waals surface area contributed by atoms with Gasteiger partial charge in [-0.3, -0.25) is 4.98 Å². The molecule has 2 nitrogen and oxygen atoms in total. The molecule has 1 aliphatic carbocycles. The van der Waals surface area contributed by atoms with Crippen LogP contribution in [0.1, 0.15) is 34.4 Å². The van der Waals surface area contributed by atoms with Crippen molar-refractivity contribution < 1.29 is 0 Å². The van der Waals surface area contributed by atoms with Gasteiger partial charge in [-0.25, -0.2) is 0 Å². The number of nitrogens with zero attached hydrogens (tertiary/aromatic N) is 2. The van der Waals surface area contributed by atoms with Gasteiger partial charge >= 0.3 is 0 Å². The predicted molar refractivity (Wildman–Crippen MR) is 72.6 cm³/mol. The zero-order valence-electron chi connectivity index (χ0n) is 10.9. The molecule has 90 valence electrons. The number of fused-ring (bicyclic) bond motifs is 2. The van der Waals surface area contributed by atoms with Crippen LogP contribution in [0.3, 0.4) is 0 Å². The topological polar surface area (TPSA) is 36.7 Å². The second-order valence-electron chi connectivity index (χ2n) is 5.16. The van der Waals surface area contributed by atoms with E-state index in [1.54, 1.807) is 0 Å². The number of aryl methyl sites for hydroxylation is 3. The maximum atomic E-state index is 9.06. The first-order chi connectivity index (χ1) is 8.70. The maximum absolute atomic E-state index is 9.06. The van der Waals surface area contributed by atoms with Crippen LogP contribution >= 0.6 is 0 Å². The predicted octanol–water partition coefficient (Wildman–Crippen LogP) is 3.41. The summed E-state index contributed by atoms with van der Waals surface area (Å²) in [6.07, 6.45) is 3.83. The average Bonchev–Trinajstić information content (AvgIpc) is 2.79. The third-order valence-electron chi connectivity index (χ3n) is 4.00. The van der Waals surface area contributed by atoms with Crippen LogP contribution in [-0.2, 0) is 19.3 Å². The Kier molecular flexibility index (Phi) is 2.56. The summed E-state index contributed by atoms with van der Waals surface area (Å²) < 4.78 is 0. The number of nitriles is 1. The lowest BCUT2D eigenvalue weighted by molar-refractivity contribution is 0.899. The van der Waals surface area contributed by atoms with Crippen LogP contribution in [0.2, 0.25) is 0 Å². The monoisotopic (exact) mass is 236 g/mol. The minimum atomic E-state index is 0.504. The highest BCUT2D eigenvalue weighted by molar-refractivity contribution is 5.85. The third kappa shape index (κ3) is 1.59. The van der Waals surface area contributed by atoms with Gasteiger partial charge in [-0.05, 0) is 67.5 Å². The average molecular weight is 236 g/mol. The molecule has 0 aliphatic heterocycles. The first kappa shape index (κ1) is 11.2. The summed E-state index contributed by atoms with van der Waals surface area (Å²) in [4.78, 5) is 4.79. The van der Waals surface area contributed by atoms with Gasteiger partial charge in [-0.1, -0.05) is 0 Å². The number of aromatic nitrogens is 1. The van der Waals surface area contributed by atoms with Crippen molar-refractivity contribution in [2.24, 2.45) is 0 Å². The van der Waals surface area contributed by atoms with Gasteiger partial charge in [0.15, 0.2) is 0 Å². The molecule has 18 heavy (non-hydrogen) atoms. The Balaban J connectivity index is 2.39. The van der Waals surface area contributed by atoms with Crippen molar-refractivity contribution in [3.63, 3.8) is 0 Å². The molecule has 0 saturated carbocycles. The minimum Gasteiger partial charge on any atom is -0.253 e. The molecule has 1 aliphatic rings. The van der Waals surface area contributed by atoms with Crippen molar-refractivity contribution in [3.05, 3.63) is 40.1 Å². The first-order valence-corrected chi connectivity index (χ1v) is 6.49. The van der Waals surface area contributed by atoms with Gasteiger partial charge in [0.25, 0.3) is 0 Å². The number of pyridine rings is 1. The molecule has 0 unspecified atom stereocenters. The van der Waals surface area contributed by atoms with E-state index in [0.717, 1.165) is 18.4 Å². The molecule has 1 aromatic heterocycles. The van der Waals surface area contributed by atoms with E-state index in [2.05, 4.69) is 32.0 Å². The van der Waals surface area contributed by atoms with E-state index in [1.807, 2.05) is 0 Å². The Morgan fingerprint density at radius 3 is 2.78 bits per heavy atom. The molecular weight excluding hydrogens is 220 g/mol. The van der Waals surface area contributed by atoms with Gasteiger partial charge < -0.3 is 0 Å². The van der Waals surface area contributed by atoms with Crippen LogP contribution in [0.25, 0.3) is 10.9 Å². The van der Waals surface area contributed by atoms with Crippen molar-refractivity contribution in [3.8, 4) is 6.07 Å². The highest BCUT2D eigenvalue weighted by Crippen LogP contribution is 2.31. The highest BCUT2D eigenvalue weighted by atomic mass is 14.7. The molecule has 1 heterocycles. The van der Waals surface area contributed by atoms with Gasteiger partial charge in [0.1, 0.15) is 0 Å². The third-order valence-corrected chi connectivity index (χ3v) is 4.00. The van der Waals surface area contributed by atoms with Crippen LogP contribution in [0, 0.1) is 25.2 Å². The van der Waals surface area contributed by atoms with Crippen LogP contribution in [0.5, 0.6) is 0 Å². The molecule has 3 rings (SSSR count). The molecule has 0 radical (unpaired) electrons. The van der Waals surface area contributed by atoms with E-state index in [4.69, 9.17) is 10.2 Å². The quantitative estimate of drug-likeness (QED) is 0.760. The van der Waals surface area contributed by atoms with Gasteiger partial charge in [-0.15, -0.1) is 0 Å². The fourth-order valence-electron chi connectivity index (χ4n) is 2.90. The molecule has 0 N–H and O–H groups in total. The largest absolute Gasteiger partial charge is 0.253 e. The molecule has 0 amide bonds. The summed E-state index contributed by atoms with van der Waals surface area (Å²) in [7, 11) is 0. The van der Waals surface area contributed by atoms with E-state index in [9.17, 15) is 0 Å². The van der Waals surface area contributed by atoms with E-state index < -0.39 is 0 Å². The van der Waals surface area contributed by atoms with Gasteiger partial charge in [-0.2, -0.15) is 5.26 Å². The molecule has 0 fully saturated rings. The lowest BCUT2D eigenvalue weighted by atomic mass is 9.96. The number of benzene rings is 1. The summed E-state index contributed by atoms with van der Waals surface area (Å²) in [5, 5.41) is 10.2. The van der Waals surface area contributed by atoms with Gasteiger partial charge in [0, 0.05) is 11.1 Å². The lowest BCUT2D eigenvalue weighted by Gasteiger charge is -2.12. The number of hydrogen-bond donors (Lipinski definition) is 0. The van der Waals surface area contributed by atoms with Gasteiger partial charge in [0.2, 0.25) is 0 Å². The SMILES string of the molecule is Cc1cc2nc3c(c(CC#N)c2cc1C)CCC3. The fourth-order valence-corrected chi connectivity index (χ4v) is 2.90. The maximum Gasteiger partial charge on any atom is 0.0711 e. The summed E-state index contributed by atoms with van der Waals surface area (Å²) in [6.45, 7) is 4.24. The summed E-state index contributed by atoms with van der Waals surface area (Å²) in [6, 6.07) is 6.67. The first-order valence-electron chi connectivity index (χ1n) is 6.49. The summed E-state index contributed by atoms with van der Waals surface area (Å²) in [5.41, 5.74) is 7.39. The van der Waals surface area contributed by atoms with Gasteiger partial charge in [0.05, 0.1) is 18.0 Å². The fraction of sp³-hybridized carbons (Fsp3) is 0.375. The van der Waals surface area contributed by atoms with E-state index in [0.29, 0.717) is 6.42 Å². The number of hydrogen-bond acceptors (Lipinski definition) is 2. The van der Waals surface area contributed by atoms with Crippen molar-refractivity contribution in [1.29, 1.82) is 5.26 Å². The molecule has 0 spiro atoms. The molecule has 0 atom stereocenters. The van der Waals surface area contributed by atoms with Crippen LogP contribution in [0.15, 0.2) is 12.1 Å². The Hall–Kier alpha value is -1.88. The van der Waals surface area contributed by atoms with Crippen molar-refractivity contribution in [2.75, 3.05) is 0 Å². The van der Waals surface area contributed by atoms with Crippen LogP contribution in [-0.4, -0.2) is 4.98 Å². The second-order valence-corrected chi connectivity index (χ2v) is 5.16. The standard InChI is InChI=1S/C16H16N2/c1-10-8-14-12(6-7-17)13-4-3-5-15(13)18-16(14)9-11(10)2/h8-9H,3-6H2,1-2H3. The Morgan fingerprint density at radius 2 is 2.00 bits per heavy atom. The molecule has 2 heteroatoms. The zero-order valence-corrected chi connectivity index (χ0v) is 10.9. The van der Waals surface area contributed by atoms with Crippen molar-refractivity contribution in [1.82, 2.24) is 4.98 Å². The molecule has 2 aromatic rings. The summed E-state index contributed by atoms with van der Waals surface area (Å²) >= 11 is 0. The minimum absolute atomic E-state index is 0.504. The van der Waals surface area contributed by atoms with Crippen molar-refractivity contribution >= 4 is 10.9 Å². The lowest BCUT2D eigenvalue weighted by Crippen LogP contribution is -1.99. The molecule has 1 aromatic carbocycles. The molecule has 0 bridgehead atoms. The van der Waals surface area contributed by atoms with Crippen molar-refractivity contribution in [2.45, 2.75) is 39.5 Å². The molecular formula is C16H16N2. The van der Waals surface area contributed by atoms with E-state index >= 15 is 0 Å². The molecule has 0 saturated heterocycles. The normalized spacial score (nSPS) is 13.6. The van der Waals surface area contributed by atoms with E-state index in [1.165, 1.54) is 39.8 Å². The smallest absolute Gasteiger partial charge is 0.0711 e. The summed E-state index contributed by atoms with van der Waals surface area (Å²) in [5.74, 6) is 0. The zero-order chi connectivity index (χ0) is 12.7. The second kappa shape index (κ2) is 4.10. The Bertz CT molecular complexity index is 678. The van der Waals surface area contributed by atoms with Crippen LogP contribution in [0.4, 0.5) is 0 Å². The van der Waals surface area contributed by atoms with E-state index in [-0.39, 0.29) is 0 Å². The Morgan fingerprint density at radius 1 is 1.22 bits per heavy atom.